The monoisotopic (exact) mass is 439 g/mol. The molecule has 3 N–H and O–H groups in total. The number of aliphatic imine (C=N–C) groups is 1. The fourth-order valence-corrected chi connectivity index (χ4v) is 2.65. The molecule has 0 radical (unpaired) electrons. The molecule has 1 fully saturated rings. The first-order chi connectivity index (χ1) is 10.6. The molecule has 1 saturated carbocycles. The average Bonchev–Trinajstić information content (AvgIpc) is 2.90. The summed E-state index contributed by atoms with van der Waals surface area (Å²) in [4.78, 5) is 4.28. The SMILES string of the molecule is CCNC(=NCc1cc(F)ccc1F)NCC1CCCC1O.I. The molecule has 0 amide bonds. The fraction of sp³-hybridized carbons (Fsp3) is 0.562. The highest BCUT2D eigenvalue weighted by atomic mass is 127. The Morgan fingerprint density at radius 2 is 2.09 bits per heavy atom. The molecule has 0 heterocycles. The number of aliphatic hydroxyl groups excluding tert-OH is 1. The minimum absolute atomic E-state index is 0. The molecule has 1 aliphatic rings. The zero-order valence-electron chi connectivity index (χ0n) is 13.2. The van der Waals surface area contributed by atoms with E-state index in [4.69, 9.17) is 0 Å². The molecule has 0 bridgehead atoms. The van der Waals surface area contributed by atoms with Crippen molar-refractivity contribution in [3.63, 3.8) is 0 Å². The fourth-order valence-electron chi connectivity index (χ4n) is 2.65. The van der Waals surface area contributed by atoms with Crippen molar-refractivity contribution in [2.24, 2.45) is 10.9 Å². The lowest BCUT2D eigenvalue weighted by Gasteiger charge is -2.17. The molecular weight excluding hydrogens is 415 g/mol. The van der Waals surface area contributed by atoms with E-state index in [0.29, 0.717) is 19.0 Å². The van der Waals surface area contributed by atoms with Crippen molar-refractivity contribution >= 4 is 29.9 Å². The third-order valence-electron chi connectivity index (χ3n) is 3.91. The van der Waals surface area contributed by atoms with Crippen LogP contribution in [0.1, 0.15) is 31.7 Å². The number of hydrogen-bond donors (Lipinski definition) is 3. The molecule has 2 unspecified atom stereocenters. The Morgan fingerprint density at radius 1 is 1.30 bits per heavy atom. The van der Waals surface area contributed by atoms with E-state index >= 15 is 0 Å². The molecule has 1 aromatic rings. The number of nitrogens with one attached hydrogen (secondary N) is 2. The summed E-state index contributed by atoms with van der Waals surface area (Å²) in [6.07, 6.45) is 2.60. The van der Waals surface area contributed by atoms with Crippen LogP contribution in [0.4, 0.5) is 8.78 Å². The Morgan fingerprint density at radius 3 is 2.74 bits per heavy atom. The van der Waals surface area contributed by atoms with Gasteiger partial charge in [0.05, 0.1) is 12.6 Å². The van der Waals surface area contributed by atoms with Crippen LogP contribution >= 0.6 is 24.0 Å². The van der Waals surface area contributed by atoms with Crippen LogP contribution in [0.5, 0.6) is 0 Å². The van der Waals surface area contributed by atoms with Gasteiger partial charge in [0, 0.05) is 24.6 Å². The minimum Gasteiger partial charge on any atom is -0.393 e. The van der Waals surface area contributed by atoms with Crippen molar-refractivity contribution in [1.29, 1.82) is 0 Å². The van der Waals surface area contributed by atoms with Crippen molar-refractivity contribution in [2.45, 2.75) is 38.8 Å². The number of benzene rings is 1. The molecule has 2 atom stereocenters. The Balaban J connectivity index is 0.00000264. The zero-order valence-corrected chi connectivity index (χ0v) is 15.5. The Bertz CT molecular complexity index is 528. The summed E-state index contributed by atoms with van der Waals surface area (Å²) in [6, 6.07) is 3.35. The van der Waals surface area contributed by atoms with Crippen molar-refractivity contribution in [3.05, 3.63) is 35.4 Å². The molecule has 0 aromatic heterocycles. The Kier molecular flexibility index (Phi) is 8.75. The number of halogens is 3. The number of rotatable bonds is 5. The van der Waals surface area contributed by atoms with Crippen molar-refractivity contribution in [3.8, 4) is 0 Å². The second kappa shape index (κ2) is 10.0. The summed E-state index contributed by atoms with van der Waals surface area (Å²) in [7, 11) is 0. The number of aliphatic hydroxyl groups is 1. The molecule has 2 rings (SSSR count). The molecule has 130 valence electrons. The Hall–Kier alpha value is -0.960. The first kappa shape index (κ1) is 20.1. The van der Waals surface area contributed by atoms with Crippen LogP contribution in [0, 0.1) is 17.6 Å². The van der Waals surface area contributed by atoms with E-state index in [1.54, 1.807) is 0 Å². The highest BCUT2D eigenvalue weighted by Crippen LogP contribution is 2.24. The summed E-state index contributed by atoms with van der Waals surface area (Å²) < 4.78 is 26.7. The second-order valence-electron chi connectivity index (χ2n) is 5.57. The maximum Gasteiger partial charge on any atom is 0.191 e. The van der Waals surface area contributed by atoms with E-state index in [9.17, 15) is 13.9 Å². The van der Waals surface area contributed by atoms with Gasteiger partial charge in [-0.1, -0.05) is 6.42 Å². The van der Waals surface area contributed by atoms with Crippen molar-refractivity contribution < 1.29 is 13.9 Å². The summed E-state index contributed by atoms with van der Waals surface area (Å²) in [5.41, 5.74) is 0.220. The predicted molar refractivity (Wildman–Crippen MR) is 97.9 cm³/mol. The standard InChI is InChI=1S/C16H23F2N3O.HI/c1-2-19-16(20-9-11-4-3-5-15(11)22)21-10-12-8-13(17)6-7-14(12)18;/h6-8,11,15,22H,2-5,9-10H2,1H3,(H2,19,20,21);1H. The third kappa shape index (κ3) is 6.21. The van der Waals surface area contributed by atoms with Gasteiger partial charge in [-0.15, -0.1) is 24.0 Å². The van der Waals surface area contributed by atoms with Gasteiger partial charge in [-0.25, -0.2) is 13.8 Å². The highest BCUT2D eigenvalue weighted by molar-refractivity contribution is 14.0. The van der Waals surface area contributed by atoms with Crippen LogP contribution in [0.25, 0.3) is 0 Å². The summed E-state index contributed by atoms with van der Waals surface area (Å²) in [5.74, 6) is -0.175. The normalized spacial score (nSPS) is 21.0. The largest absolute Gasteiger partial charge is 0.393 e. The maximum atomic E-state index is 13.6. The van der Waals surface area contributed by atoms with Crippen LogP contribution in [0.15, 0.2) is 23.2 Å². The second-order valence-corrected chi connectivity index (χ2v) is 5.57. The first-order valence-electron chi connectivity index (χ1n) is 7.74. The summed E-state index contributed by atoms with van der Waals surface area (Å²) >= 11 is 0. The topological polar surface area (TPSA) is 56.7 Å². The lowest BCUT2D eigenvalue weighted by molar-refractivity contribution is 0.134. The van der Waals surface area contributed by atoms with Crippen LogP contribution in [0.2, 0.25) is 0 Å². The van der Waals surface area contributed by atoms with Crippen LogP contribution in [0.3, 0.4) is 0 Å². The molecule has 0 saturated heterocycles. The molecular formula is C16H24F2IN3O. The zero-order chi connectivity index (χ0) is 15.9. The summed E-state index contributed by atoms with van der Waals surface area (Å²) in [5, 5.41) is 16.0. The van der Waals surface area contributed by atoms with E-state index in [1.165, 1.54) is 0 Å². The average molecular weight is 439 g/mol. The molecule has 0 aliphatic heterocycles. The number of nitrogens with zero attached hydrogens (tertiary/aromatic N) is 1. The van der Waals surface area contributed by atoms with Crippen molar-refractivity contribution in [1.82, 2.24) is 10.6 Å². The van der Waals surface area contributed by atoms with Crippen LogP contribution < -0.4 is 10.6 Å². The molecule has 7 heteroatoms. The van der Waals surface area contributed by atoms with Gasteiger partial charge in [0.25, 0.3) is 0 Å². The van der Waals surface area contributed by atoms with Gasteiger partial charge in [-0.2, -0.15) is 0 Å². The van der Waals surface area contributed by atoms with Gasteiger partial charge in [0.1, 0.15) is 11.6 Å². The minimum atomic E-state index is -0.473. The molecule has 1 aromatic carbocycles. The van der Waals surface area contributed by atoms with Gasteiger partial charge in [-0.05, 0) is 38.0 Å². The Labute approximate surface area is 152 Å². The predicted octanol–water partition coefficient (Wildman–Crippen LogP) is 2.80. The lowest BCUT2D eigenvalue weighted by Crippen LogP contribution is -2.41. The van der Waals surface area contributed by atoms with E-state index in [-0.39, 0.29) is 48.1 Å². The van der Waals surface area contributed by atoms with E-state index in [2.05, 4.69) is 15.6 Å². The van der Waals surface area contributed by atoms with Gasteiger partial charge < -0.3 is 15.7 Å². The highest BCUT2D eigenvalue weighted by Gasteiger charge is 2.24. The molecule has 4 nitrogen and oxygen atoms in total. The number of hydrogen-bond acceptors (Lipinski definition) is 2. The molecule has 0 spiro atoms. The van der Waals surface area contributed by atoms with Gasteiger partial charge in [0.15, 0.2) is 5.96 Å². The van der Waals surface area contributed by atoms with Gasteiger partial charge in [0.2, 0.25) is 0 Å². The van der Waals surface area contributed by atoms with E-state index < -0.39 is 11.6 Å². The maximum absolute atomic E-state index is 13.6. The van der Waals surface area contributed by atoms with Gasteiger partial charge >= 0.3 is 0 Å². The first-order valence-corrected chi connectivity index (χ1v) is 7.74. The van der Waals surface area contributed by atoms with Crippen LogP contribution in [-0.4, -0.2) is 30.3 Å². The quantitative estimate of drug-likeness (QED) is 0.376. The molecule has 23 heavy (non-hydrogen) atoms. The van der Waals surface area contributed by atoms with Crippen molar-refractivity contribution in [2.75, 3.05) is 13.1 Å². The number of guanidine groups is 1. The summed E-state index contributed by atoms with van der Waals surface area (Å²) in [6.45, 7) is 3.29. The van der Waals surface area contributed by atoms with Gasteiger partial charge in [-0.3, -0.25) is 0 Å². The third-order valence-corrected chi connectivity index (χ3v) is 3.91. The van der Waals surface area contributed by atoms with E-state index in [1.807, 2.05) is 6.92 Å². The van der Waals surface area contributed by atoms with E-state index in [0.717, 1.165) is 37.5 Å². The lowest BCUT2D eigenvalue weighted by atomic mass is 10.1. The smallest absolute Gasteiger partial charge is 0.191 e. The van der Waals surface area contributed by atoms with Crippen LogP contribution in [-0.2, 0) is 6.54 Å². The molecule has 1 aliphatic carbocycles.